The van der Waals surface area contributed by atoms with Crippen LogP contribution in [0.25, 0.3) is 10.8 Å². The molecule has 3 N–H and O–H groups in total. The third-order valence-electron chi connectivity index (χ3n) is 6.48. The molecule has 4 aromatic rings. The standard InChI is InChI=1S/C30H26BrN3O3S/c31-23-12-14-25(26(17-23)33-30(38)34-28(35)20-7-2-1-3-8-20)29(36)32-18-24-13-15-27(37-24)22-11-10-19-6-4-5-9-21(19)16-22/h1-12,14,16-17,24,27H,13,15,18H2,(H,32,36)(H2,33,34,35,38)/t24-,27+/m1/s1. The molecule has 1 saturated heterocycles. The maximum Gasteiger partial charge on any atom is 0.257 e. The first kappa shape index (κ1) is 26.0. The summed E-state index contributed by atoms with van der Waals surface area (Å²) >= 11 is 8.77. The van der Waals surface area contributed by atoms with E-state index < -0.39 is 0 Å². The van der Waals surface area contributed by atoms with Crippen molar-refractivity contribution < 1.29 is 14.3 Å². The fraction of sp³-hybridized carbons (Fsp3) is 0.167. The zero-order valence-electron chi connectivity index (χ0n) is 20.4. The Balaban J connectivity index is 1.18. The minimum absolute atomic E-state index is 0.0111. The molecule has 1 heterocycles. The van der Waals surface area contributed by atoms with Gasteiger partial charge in [0.2, 0.25) is 0 Å². The van der Waals surface area contributed by atoms with Gasteiger partial charge in [-0.1, -0.05) is 70.5 Å². The highest BCUT2D eigenvalue weighted by molar-refractivity contribution is 9.10. The number of hydrogen-bond donors (Lipinski definition) is 3. The largest absolute Gasteiger partial charge is 0.368 e. The predicted molar refractivity (Wildman–Crippen MR) is 157 cm³/mol. The van der Waals surface area contributed by atoms with Crippen LogP contribution in [0.2, 0.25) is 0 Å². The lowest BCUT2D eigenvalue weighted by atomic mass is 10.0. The van der Waals surface area contributed by atoms with Crippen LogP contribution in [0.15, 0.2) is 95.5 Å². The van der Waals surface area contributed by atoms with Crippen LogP contribution in [0, 0.1) is 0 Å². The number of halogens is 1. The number of fused-ring (bicyclic) bond motifs is 1. The molecule has 0 aromatic heterocycles. The number of nitrogens with one attached hydrogen (secondary N) is 3. The minimum Gasteiger partial charge on any atom is -0.368 e. The molecule has 192 valence electrons. The van der Waals surface area contributed by atoms with E-state index in [1.807, 2.05) is 18.2 Å². The van der Waals surface area contributed by atoms with Gasteiger partial charge in [-0.15, -0.1) is 0 Å². The van der Waals surface area contributed by atoms with Gasteiger partial charge in [-0.3, -0.25) is 14.9 Å². The molecular formula is C30H26BrN3O3S. The maximum atomic E-state index is 13.1. The van der Waals surface area contributed by atoms with E-state index in [-0.39, 0.29) is 29.1 Å². The first-order valence-electron chi connectivity index (χ1n) is 12.4. The second-order valence-corrected chi connectivity index (χ2v) is 10.4. The van der Waals surface area contributed by atoms with Crippen molar-refractivity contribution in [2.24, 2.45) is 0 Å². The van der Waals surface area contributed by atoms with Crippen molar-refractivity contribution in [3.05, 3.63) is 112 Å². The Morgan fingerprint density at radius 3 is 2.45 bits per heavy atom. The third-order valence-corrected chi connectivity index (χ3v) is 7.18. The number of ether oxygens (including phenoxy) is 1. The molecule has 0 radical (unpaired) electrons. The van der Waals surface area contributed by atoms with Crippen molar-refractivity contribution in [2.75, 3.05) is 11.9 Å². The van der Waals surface area contributed by atoms with Gasteiger partial charge in [0.25, 0.3) is 11.8 Å². The lowest BCUT2D eigenvalue weighted by molar-refractivity contribution is 0.0436. The molecule has 0 saturated carbocycles. The first-order valence-corrected chi connectivity index (χ1v) is 13.6. The van der Waals surface area contributed by atoms with E-state index in [0.29, 0.717) is 23.4 Å². The quantitative estimate of drug-likeness (QED) is 0.228. The average molecular weight is 589 g/mol. The summed E-state index contributed by atoms with van der Waals surface area (Å²) in [6.07, 6.45) is 1.70. The Labute approximate surface area is 234 Å². The van der Waals surface area contributed by atoms with E-state index in [1.165, 1.54) is 10.8 Å². The Morgan fingerprint density at radius 1 is 0.868 bits per heavy atom. The normalized spacial score (nSPS) is 16.7. The fourth-order valence-electron chi connectivity index (χ4n) is 4.55. The molecule has 4 aromatic carbocycles. The summed E-state index contributed by atoms with van der Waals surface area (Å²) in [4.78, 5) is 25.5. The molecule has 0 unspecified atom stereocenters. The molecule has 1 aliphatic rings. The maximum absolute atomic E-state index is 13.1. The van der Waals surface area contributed by atoms with E-state index >= 15 is 0 Å². The first-order chi connectivity index (χ1) is 18.5. The van der Waals surface area contributed by atoms with Gasteiger partial charge in [-0.2, -0.15) is 0 Å². The Morgan fingerprint density at radius 2 is 1.63 bits per heavy atom. The molecule has 6 nitrogen and oxygen atoms in total. The number of benzene rings is 4. The summed E-state index contributed by atoms with van der Waals surface area (Å²) in [5.41, 5.74) is 2.54. The van der Waals surface area contributed by atoms with Crippen molar-refractivity contribution in [3.63, 3.8) is 0 Å². The zero-order chi connectivity index (χ0) is 26.5. The van der Waals surface area contributed by atoms with E-state index in [1.54, 1.807) is 42.5 Å². The molecule has 38 heavy (non-hydrogen) atoms. The predicted octanol–water partition coefficient (Wildman–Crippen LogP) is 6.38. The van der Waals surface area contributed by atoms with Crippen LogP contribution < -0.4 is 16.0 Å². The van der Waals surface area contributed by atoms with Gasteiger partial charge < -0.3 is 15.4 Å². The molecule has 5 rings (SSSR count). The number of amides is 2. The molecule has 0 aliphatic carbocycles. The highest BCUT2D eigenvalue weighted by Gasteiger charge is 2.27. The minimum atomic E-state index is -0.330. The molecule has 2 amide bonds. The summed E-state index contributed by atoms with van der Waals surface area (Å²) < 4.78 is 7.05. The van der Waals surface area contributed by atoms with E-state index in [9.17, 15) is 9.59 Å². The molecule has 2 atom stereocenters. The molecule has 0 spiro atoms. The number of rotatable bonds is 6. The SMILES string of the molecule is O=C(NC(=S)Nc1cc(Br)ccc1C(=O)NC[C@H]1CC[C@@H](c2ccc3ccccc3c2)O1)c1ccccc1. The van der Waals surface area contributed by atoms with Crippen molar-refractivity contribution in [3.8, 4) is 0 Å². The molecule has 8 heteroatoms. The van der Waals surface area contributed by atoms with E-state index in [4.69, 9.17) is 17.0 Å². The van der Waals surface area contributed by atoms with Crippen LogP contribution in [-0.2, 0) is 4.74 Å². The van der Waals surface area contributed by atoms with Gasteiger partial charge in [0, 0.05) is 16.6 Å². The molecule has 1 aliphatic heterocycles. The van der Waals surface area contributed by atoms with Crippen LogP contribution in [0.4, 0.5) is 5.69 Å². The van der Waals surface area contributed by atoms with Crippen LogP contribution >= 0.6 is 28.1 Å². The number of thiocarbonyl (C=S) groups is 1. The highest BCUT2D eigenvalue weighted by atomic mass is 79.9. The fourth-order valence-corrected chi connectivity index (χ4v) is 5.11. The topological polar surface area (TPSA) is 79.5 Å². The van der Waals surface area contributed by atoms with Gasteiger partial charge >= 0.3 is 0 Å². The van der Waals surface area contributed by atoms with Gasteiger partial charge in [0.1, 0.15) is 0 Å². The van der Waals surface area contributed by atoms with Crippen molar-refractivity contribution in [1.82, 2.24) is 10.6 Å². The lowest BCUT2D eigenvalue weighted by Crippen LogP contribution is -2.36. The monoisotopic (exact) mass is 587 g/mol. The molecular weight excluding hydrogens is 562 g/mol. The van der Waals surface area contributed by atoms with Crippen LogP contribution in [-0.4, -0.2) is 29.6 Å². The van der Waals surface area contributed by atoms with Crippen LogP contribution in [0.3, 0.4) is 0 Å². The third kappa shape index (κ3) is 6.27. The van der Waals surface area contributed by atoms with Crippen molar-refractivity contribution in [1.29, 1.82) is 0 Å². The van der Waals surface area contributed by atoms with E-state index in [0.717, 1.165) is 22.9 Å². The highest BCUT2D eigenvalue weighted by Crippen LogP contribution is 2.34. The van der Waals surface area contributed by atoms with Crippen molar-refractivity contribution >= 4 is 61.5 Å². The second kappa shape index (κ2) is 11.9. The van der Waals surface area contributed by atoms with Gasteiger partial charge in [0.05, 0.1) is 23.5 Å². The Kier molecular flexibility index (Phi) is 8.12. The zero-order valence-corrected chi connectivity index (χ0v) is 22.8. The van der Waals surface area contributed by atoms with Gasteiger partial charge in [-0.05, 0) is 77.8 Å². The van der Waals surface area contributed by atoms with Crippen LogP contribution in [0.1, 0.15) is 45.2 Å². The molecule has 1 fully saturated rings. The van der Waals surface area contributed by atoms with Crippen molar-refractivity contribution in [2.45, 2.75) is 25.0 Å². The number of hydrogen-bond acceptors (Lipinski definition) is 4. The average Bonchev–Trinajstić information content (AvgIpc) is 3.41. The summed E-state index contributed by atoms with van der Waals surface area (Å²) in [7, 11) is 0. The lowest BCUT2D eigenvalue weighted by Gasteiger charge is -2.17. The Bertz CT molecular complexity index is 1490. The number of carbonyl (C=O) groups excluding carboxylic acids is 2. The summed E-state index contributed by atoms with van der Waals surface area (Å²) in [5.74, 6) is -0.585. The number of anilines is 1. The Hall–Kier alpha value is -3.59. The van der Waals surface area contributed by atoms with Gasteiger partial charge in [-0.25, -0.2) is 0 Å². The molecule has 0 bridgehead atoms. The summed E-state index contributed by atoms with van der Waals surface area (Å²) in [6, 6.07) is 28.7. The second-order valence-electron chi connectivity index (χ2n) is 9.10. The number of carbonyl (C=O) groups is 2. The smallest absolute Gasteiger partial charge is 0.257 e. The van der Waals surface area contributed by atoms with Crippen LogP contribution in [0.5, 0.6) is 0 Å². The summed E-state index contributed by atoms with van der Waals surface area (Å²) in [6.45, 7) is 0.396. The van der Waals surface area contributed by atoms with E-state index in [2.05, 4.69) is 62.2 Å². The summed E-state index contributed by atoms with van der Waals surface area (Å²) in [5, 5.41) is 11.1. The van der Waals surface area contributed by atoms with Gasteiger partial charge in [0.15, 0.2) is 5.11 Å².